The molecule has 0 aromatic rings. The van der Waals surface area contributed by atoms with Gasteiger partial charge in [-0.15, -0.1) is 0 Å². The first-order chi connectivity index (χ1) is 4.68. The molecular formula is C7H17NOS. The molecule has 2 unspecified atom stereocenters. The molecule has 2 atom stereocenters. The van der Waals surface area contributed by atoms with Gasteiger partial charge >= 0.3 is 0 Å². The Morgan fingerprint density at radius 3 is 2.60 bits per heavy atom. The predicted octanol–water partition coefficient (Wildman–Crippen LogP) is 0.838. The topological polar surface area (TPSA) is 46.2 Å². The average Bonchev–Trinajstić information content (AvgIpc) is 1.88. The second-order valence-corrected chi connectivity index (χ2v) is 3.55. The lowest BCUT2D eigenvalue weighted by atomic mass is 10.1. The van der Waals surface area contributed by atoms with Crippen molar-refractivity contribution in [3.8, 4) is 0 Å². The number of nitrogens with two attached hydrogens (primary N) is 1. The van der Waals surface area contributed by atoms with Crippen molar-refractivity contribution in [1.82, 2.24) is 0 Å². The number of hydrogen-bond donors (Lipinski definition) is 2. The Morgan fingerprint density at radius 2 is 2.20 bits per heavy atom. The van der Waals surface area contributed by atoms with Crippen LogP contribution >= 0.6 is 11.8 Å². The van der Waals surface area contributed by atoms with E-state index in [-0.39, 0.29) is 12.1 Å². The van der Waals surface area contributed by atoms with E-state index in [1.54, 1.807) is 11.8 Å². The summed E-state index contributed by atoms with van der Waals surface area (Å²) in [6.07, 6.45) is 3.65. The maximum Gasteiger partial charge on any atom is 0.0688 e. The van der Waals surface area contributed by atoms with Gasteiger partial charge in [0, 0.05) is 6.04 Å². The summed E-state index contributed by atoms with van der Waals surface area (Å²) in [4.78, 5) is 0. The smallest absolute Gasteiger partial charge is 0.0688 e. The first kappa shape index (κ1) is 10.3. The molecule has 0 aliphatic carbocycles. The lowest BCUT2D eigenvalue weighted by molar-refractivity contribution is 0.141. The minimum Gasteiger partial charge on any atom is -0.392 e. The largest absolute Gasteiger partial charge is 0.392 e. The summed E-state index contributed by atoms with van der Waals surface area (Å²) in [5.41, 5.74) is 5.46. The van der Waals surface area contributed by atoms with E-state index in [4.69, 9.17) is 5.73 Å². The van der Waals surface area contributed by atoms with Gasteiger partial charge in [-0.3, -0.25) is 0 Å². The van der Waals surface area contributed by atoms with Gasteiger partial charge in [-0.1, -0.05) is 0 Å². The van der Waals surface area contributed by atoms with Gasteiger partial charge in [0.2, 0.25) is 0 Å². The molecular weight excluding hydrogens is 146 g/mol. The second-order valence-electron chi connectivity index (χ2n) is 2.56. The van der Waals surface area contributed by atoms with Crippen molar-refractivity contribution in [2.24, 2.45) is 5.73 Å². The van der Waals surface area contributed by atoms with Crippen LogP contribution in [0.25, 0.3) is 0 Å². The maximum absolute atomic E-state index is 9.22. The molecule has 0 aliphatic heterocycles. The van der Waals surface area contributed by atoms with Crippen LogP contribution in [-0.2, 0) is 0 Å². The van der Waals surface area contributed by atoms with Crippen molar-refractivity contribution in [2.75, 3.05) is 12.0 Å². The molecule has 0 bridgehead atoms. The molecule has 62 valence electrons. The van der Waals surface area contributed by atoms with E-state index in [2.05, 4.69) is 6.26 Å². The Hall–Kier alpha value is 0.270. The highest BCUT2D eigenvalue weighted by atomic mass is 32.2. The molecule has 0 aromatic carbocycles. The molecule has 10 heavy (non-hydrogen) atoms. The van der Waals surface area contributed by atoms with Crippen molar-refractivity contribution < 1.29 is 5.11 Å². The molecule has 0 aliphatic rings. The fourth-order valence-electron chi connectivity index (χ4n) is 0.700. The summed E-state index contributed by atoms with van der Waals surface area (Å²) in [6.45, 7) is 1.84. The monoisotopic (exact) mass is 163 g/mol. The quantitative estimate of drug-likeness (QED) is 0.590. The third-order valence-corrected chi connectivity index (χ3v) is 2.15. The molecule has 3 N–H and O–H groups in total. The van der Waals surface area contributed by atoms with Crippen molar-refractivity contribution in [1.29, 1.82) is 0 Å². The van der Waals surface area contributed by atoms with Crippen LogP contribution in [0.2, 0.25) is 0 Å². The van der Waals surface area contributed by atoms with E-state index in [9.17, 15) is 5.11 Å². The van der Waals surface area contributed by atoms with E-state index in [0.29, 0.717) is 0 Å². The van der Waals surface area contributed by atoms with Gasteiger partial charge < -0.3 is 10.8 Å². The summed E-state index contributed by atoms with van der Waals surface area (Å²) in [5, 5.41) is 9.22. The highest BCUT2D eigenvalue weighted by Gasteiger charge is 2.07. The van der Waals surface area contributed by atoms with E-state index in [0.717, 1.165) is 18.6 Å². The Balaban J connectivity index is 3.13. The first-order valence-electron chi connectivity index (χ1n) is 3.61. The fraction of sp³-hybridized carbons (Fsp3) is 1.00. The normalized spacial score (nSPS) is 16.8. The Labute approximate surface area is 67.2 Å². The molecule has 0 saturated carbocycles. The zero-order valence-electron chi connectivity index (χ0n) is 6.71. The second kappa shape index (κ2) is 6.01. The van der Waals surface area contributed by atoms with E-state index in [1.807, 2.05) is 6.92 Å². The number of rotatable bonds is 5. The highest BCUT2D eigenvalue weighted by molar-refractivity contribution is 7.98. The summed E-state index contributed by atoms with van der Waals surface area (Å²) in [7, 11) is 0. The zero-order chi connectivity index (χ0) is 7.98. The zero-order valence-corrected chi connectivity index (χ0v) is 7.53. The minimum absolute atomic E-state index is 0.0816. The molecule has 0 fully saturated rings. The number of aliphatic hydroxyl groups excluding tert-OH is 1. The molecule has 0 spiro atoms. The molecule has 0 rings (SSSR count). The Bertz CT molecular complexity index is 78.0. The molecule has 0 saturated heterocycles. The van der Waals surface area contributed by atoms with Crippen LogP contribution in [-0.4, -0.2) is 29.3 Å². The molecule has 2 nitrogen and oxygen atoms in total. The Kier molecular flexibility index (Phi) is 6.17. The maximum atomic E-state index is 9.22. The minimum atomic E-state index is -0.313. The molecule has 0 radical (unpaired) electrons. The standard InChI is InChI=1S/C7H17NOS/c1-6(8)7(9)4-3-5-10-2/h6-7,9H,3-5,8H2,1-2H3. The van der Waals surface area contributed by atoms with E-state index in [1.165, 1.54) is 0 Å². The van der Waals surface area contributed by atoms with Crippen LogP contribution in [0.15, 0.2) is 0 Å². The molecule has 0 amide bonds. The summed E-state index contributed by atoms with van der Waals surface area (Å²) in [6, 6.07) is -0.0816. The van der Waals surface area contributed by atoms with E-state index >= 15 is 0 Å². The number of aliphatic hydroxyl groups is 1. The van der Waals surface area contributed by atoms with Crippen molar-refractivity contribution in [2.45, 2.75) is 31.9 Å². The van der Waals surface area contributed by atoms with Gasteiger partial charge in [-0.2, -0.15) is 11.8 Å². The lowest BCUT2D eigenvalue weighted by Gasteiger charge is -2.12. The average molecular weight is 163 g/mol. The van der Waals surface area contributed by atoms with Crippen LogP contribution in [0.1, 0.15) is 19.8 Å². The number of thioether (sulfide) groups is 1. The fourth-order valence-corrected chi connectivity index (χ4v) is 1.16. The summed E-state index contributed by atoms with van der Waals surface area (Å²) in [5.74, 6) is 1.11. The first-order valence-corrected chi connectivity index (χ1v) is 5.00. The van der Waals surface area contributed by atoms with Crippen molar-refractivity contribution in [3.63, 3.8) is 0 Å². The Morgan fingerprint density at radius 1 is 1.60 bits per heavy atom. The third-order valence-electron chi connectivity index (χ3n) is 1.46. The predicted molar refractivity (Wildman–Crippen MR) is 47.3 cm³/mol. The molecule has 3 heteroatoms. The van der Waals surface area contributed by atoms with Gasteiger partial charge in [0.05, 0.1) is 6.10 Å². The van der Waals surface area contributed by atoms with Crippen LogP contribution < -0.4 is 5.73 Å². The van der Waals surface area contributed by atoms with Gasteiger partial charge in [0.1, 0.15) is 0 Å². The lowest BCUT2D eigenvalue weighted by Crippen LogP contribution is -2.31. The van der Waals surface area contributed by atoms with Gasteiger partial charge in [-0.25, -0.2) is 0 Å². The van der Waals surface area contributed by atoms with Crippen LogP contribution in [0.4, 0.5) is 0 Å². The number of hydrogen-bond acceptors (Lipinski definition) is 3. The van der Waals surface area contributed by atoms with Crippen molar-refractivity contribution in [3.05, 3.63) is 0 Å². The van der Waals surface area contributed by atoms with Crippen LogP contribution in [0, 0.1) is 0 Å². The molecule has 0 heterocycles. The summed E-state index contributed by atoms with van der Waals surface area (Å²) < 4.78 is 0. The van der Waals surface area contributed by atoms with Gasteiger partial charge in [-0.05, 0) is 31.8 Å². The van der Waals surface area contributed by atoms with Crippen LogP contribution in [0.3, 0.4) is 0 Å². The van der Waals surface area contributed by atoms with Gasteiger partial charge in [0.15, 0.2) is 0 Å². The van der Waals surface area contributed by atoms with Crippen LogP contribution in [0.5, 0.6) is 0 Å². The highest BCUT2D eigenvalue weighted by Crippen LogP contribution is 2.04. The van der Waals surface area contributed by atoms with E-state index < -0.39 is 0 Å². The van der Waals surface area contributed by atoms with Crippen molar-refractivity contribution >= 4 is 11.8 Å². The SMILES string of the molecule is CSCCCC(O)C(C)N. The van der Waals surface area contributed by atoms with Gasteiger partial charge in [0.25, 0.3) is 0 Å². The molecule has 0 aromatic heterocycles. The third kappa shape index (κ3) is 5.09. The summed E-state index contributed by atoms with van der Waals surface area (Å²) >= 11 is 1.80.